The monoisotopic (exact) mass is 405 g/mol. The first-order valence-electron chi connectivity index (χ1n) is 9.76. The number of alkyl carbamates (subject to hydrolysis) is 1. The lowest BCUT2D eigenvalue weighted by Gasteiger charge is -2.15. The number of hydrogen-bond acceptors (Lipinski definition) is 5. The van der Waals surface area contributed by atoms with Gasteiger partial charge in [0.2, 0.25) is 5.75 Å². The van der Waals surface area contributed by atoms with Crippen molar-refractivity contribution in [2.75, 3.05) is 26.9 Å². The summed E-state index contributed by atoms with van der Waals surface area (Å²) in [6.07, 6.45) is -0.510. The molecule has 0 fully saturated rings. The van der Waals surface area contributed by atoms with Gasteiger partial charge in [0.1, 0.15) is 13.2 Å². The van der Waals surface area contributed by atoms with Crippen molar-refractivity contribution in [1.29, 1.82) is 0 Å². The number of phenols is 1. The van der Waals surface area contributed by atoms with E-state index in [-0.39, 0.29) is 37.2 Å². The van der Waals surface area contributed by atoms with Gasteiger partial charge in [-0.1, -0.05) is 54.6 Å². The standard InChI is InChI=1S/C24H23NO5/c1-28-22-12-6-11-21(26)23(22)29-14-13-25-24(27)30-15-20-18-9-4-2-7-16(18)17-8-3-5-10-19(17)20/h2-12,20,26H,13-15H2,1H3,(H,25,27). The van der Waals surface area contributed by atoms with Gasteiger partial charge in [-0.25, -0.2) is 4.79 Å². The van der Waals surface area contributed by atoms with Crippen molar-refractivity contribution >= 4 is 6.09 Å². The zero-order chi connectivity index (χ0) is 20.9. The van der Waals surface area contributed by atoms with E-state index >= 15 is 0 Å². The van der Waals surface area contributed by atoms with Gasteiger partial charge in [0.05, 0.1) is 13.7 Å². The van der Waals surface area contributed by atoms with E-state index in [1.54, 1.807) is 12.1 Å². The molecule has 154 valence electrons. The zero-order valence-corrected chi connectivity index (χ0v) is 16.6. The molecule has 0 unspecified atom stereocenters. The molecule has 0 aromatic heterocycles. The number of benzene rings is 3. The number of hydrogen-bond donors (Lipinski definition) is 2. The lowest BCUT2D eigenvalue weighted by molar-refractivity contribution is 0.141. The van der Waals surface area contributed by atoms with Crippen molar-refractivity contribution in [3.05, 3.63) is 77.9 Å². The number of methoxy groups -OCH3 is 1. The Morgan fingerprint density at radius 2 is 1.63 bits per heavy atom. The largest absolute Gasteiger partial charge is 0.504 e. The number of phenolic OH excluding ortho intramolecular Hbond substituents is 1. The summed E-state index contributed by atoms with van der Waals surface area (Å²) in [4.78, 5) is 12.2. The second-order valence-corrected chi connectivity index (χ2v) is 6.91. The van der Waals surface area contributed by atoms with Crippen LogP contribution in [0.3, 0.4) is 0 Å². The highest BCUT2D eigenvalue weighted by atomic mass is 16.6. The van der Waals surface area contributed by atoms with E-state index in [2.05, 4.69) is 29.6 Å². The number of aromatic hydroxyl groups is 1. The SMILES string of the molecule is COc1cccc(O)c1OCCNC(=O)OCC1c2ccccc2-c2ccccc21. The number of nitrogens with one attached hydrogen (secondary N) is 1. The van der Waals surface area contributed by atoms with E-state index in [9.17, 15) is 9.90 Å². The van der Waals surface area contributed by atoms with Crippen molar-refractivity contribution in [2.45, 2.75) is 5.92 Å². The molecule has 0 bridgehead atoms. The Labute approximate surface area is 175 Å². The molecule has 6 heteroatoms. The molecule has 1 amide bonds. The Balaban J connectivity index is 1.30. The van der Waals surface area contributed by atoms with Crippen LogP contribution in [0.15, 0.2) is 66.7 Å². The predicted octanol–water partition coefficient (Wildman–Crippen LogP) is 4.32. The second-order valence-electron chi connectivity index (χ2n) is 6.91. The summed E-state index contributed by atoms with van der Waals surface area (Å²) < 4.78 is 16.2. The van der Waals surface area contributed by atoms with Crippen molar-refractivity contribution in [2.24, 2.45) is 0 Å². The lowest BCUT2D eigenvalue weighted by atomic mass is 9.98. The zero-order valence-electron chi connectivity index (χ0n) is 16.6. The molecule has 30 heavy (non-hydrogen) atoms. The van der Waals surface area contributed by atoms with Gasteiger partial charge in [-0.15, -0.1) is 0 Å². The minimum atomic E-state index is -0.510. The maximum absolute atomic E-state index is 12.2. The Kier molecular flexibility index (Phi) is 5.75. The van der Waals surface area contributed by atoms with Crippen LogP contribution in [0, 0.1) is 0 Å². The first kappa shape index (κ1) is 19.6. The van der Waals surface area contributed by atoms with Crippen molar-refractivity contribution in [3.63, 3.8) is 0 Å². The molecule has 0 radical (unpaired) electrons. The van der Waals surface area contributed by atoms with Crippen LogP contribution >= 0.6 is 0 Å². The molecule has 1 aliphatic rings. The lowest BCUT2D eigenvalue weighted by Crippen LogP contribution is -2.30. The molecule has 6 nitrogen and oxygen atoms in total. The second kappa shape index (κ2) is 8.78. The third kappa shape index (κ3) is 3.89. The molecule has 0 heterocycles. The van der Waals surface area contributed by atoms with Gasteiger partial charge in [0.25, 0.3) is 0 Å². The van der Waals surface area contributed by atoms with Crippen LogP contribution < -0.4 is 14.8 Å². The van der Waals surface area contributed by atoms with E-state index in [0.29, 0.717) is 5.75 Å². The average Bonchev–Trinajstić information content (AvgIpc) is 3.10. The molecule has 0 saturated carbocycles. The molecule has 0 aliphatic heterocycles. The summed E-state index contributed by atoms with van der Waals surface area (Å²) in [7, 11) is 1.50. The number of ether oxygens (including phenoxy) is 3. The maximum atomic E-state index is 12.2. The Hall–Kier alpha value is -3.67. The molecular weight excluding hydrogens is 382 g/mol. The topological polar surface area (TPSA) is 77.0 Å². The highest BCUT2D eigenvalue weighted by molar-refractivity contribution is 5.79. The number of rotatable bonds is 7. The summed E-state index contributed by atoms with van der Waals surface area (Å²) in [6, 6.07) is 21.3. The molecule has 3 aromatic carbocycles. The van der Waals surface area contributed by atoms with E-state index < -0.39 is 6.09 Å². The highest BCUT2D eigenvalue weighted by Crippen LogP contribution is 2.44. The summed E-state index contributed by atoms with van der Waals surface area (Å²) >= 11 is 0. The first-order valence-corrected chi connectivity index (χ1v) is 9.76. The van der Waals surface area contributed by atoms with Gasteiger partial charge in [0.15, 0.2) is 11.5 Å². The minimum absolute atomic E-state index is 0.0181. The molecule has 4 rings (SSSR count). The van der Waals surface area contributed by atoms with Crippen LogP contribution in [-0.4, -0.2) is 38.1 Å². The summed E-state index contributed by atoms with van der Waals surface area (Å²) in [5, 5.41) is 12.6. The van der Waals surface area contributed by atoms with Gasteiger partial charge in [0, 0.05) is 5.92 Å². The molecule has 0 atom stereocenters. The maximum Gasteiger partial charge on any atom is 0.407 e. The normalized spacial score (nSPS) is 12.0. The van der Waals surface area contributed by atoms with Gasteiger partial charge in [-0.2, -0.15) is 0 Å². The summed E-state index contributed by atoms with van der Waals surface area (Å²) in [5.74, 6) is 0.672. The fraction of sp³-hybridized carbons (Fsp3) is 0.208. The molecule has 3 aromatic rings. The quantitative estimate of drug-likeness (QED) is 0.573. The van der Waals surface area contributed by atoms with Gasteiger partial charge in [-0.3, -0.25) is 0 Å². The van der Waals surface area contributed by atoms with Crippen LogP contribution in [0.4, 0.5) is 4.79 Å². The molecule has 0 spiro atoms. The van der Waals surface area contributed by atoms with Crippen LogP contribution in [-0.2, 0) is 4.74 Å². The smallest absolute Gasteiger partial charge is 0.407 e. The fourth-order valence-corrected chi connectivity index (χ4v) is 3.77. The van der Waals surface area contributed by atoms with Crippen molar-refractivity contribution in [3.8, 4) is 28.4 Å². The third-order valence-electron chi connectivity index (χ3n) is 5.14. The van der Waals surface area contributed by atoms with Gasteiger partial charge in [-0.05, 0) is 34.4 Å². The third-order valence-corrected chi connectivity index (χ3v) is 5.14. The van der Waals surface area contributed by atoms with Crippen LogP contribution in [0.2, 0.25) is 0 Å². The molecule has 2 N–H and O–H groups in total. The van der Waals surface area contributed by atoms with Crippen LogP contribution in [0.25, 0.3) is 11.1 Å². The number of carbonyl (C=O) groups excluding carboxylic acids is 1. The van der Waals surface area contributed by atoms with Crippen LogP contribution in [0.1, 0.15) is 17.0 Å². The molecule has 1 aliphatic carbocycles. The number of amides is 1. The molecular formula is C24H23NO5. The first-order chi connectivity index (χ1) is 14.7. The Morgan fingerprint density at radius 1 is 0.967 bits per heavy atom. The number of fused-ring (bicyclic) bond motifs is 3. The van der Waals surface area contributed by atoms with E-state index in [0.717, 1.165) is 0 Å². The number of para-hydroxylation sites is 1. The van der Waals surface area contributed by atoms with Crippen LogP contribution in [0.5, 0.6) is 17.2 Å². The minimum Gasteiger partial charge on any atom is -0.504 e. The summed E-state index contributed by atoms with van der Waals surface area (Å²) in [6.45, 7) is 0.653. The molecule has 0 saturated heterocycles. The average molecular weight is 405 g/mol. The van der Waals surface area contributed by atoms with Crippen molar-refractivity contribution in [1.82, 2.24) is 5.32 Å². The van der Waals surface area contributed by atoms with E-state index in [1.807, 2.05) is 24.3 Å². The van der Waals surface area contributed by atoms with Gasteiger partial charge < -0.3 is 24.6 Å². The Bertz CT molecular complexity index is 1000. The fourth-order valence-electron chi connectivity index (χ4n) is 3.77. The highest BCUT2D eigenvalue weighted by Gasteiger charge is 2.28. The van der Waals surface area contributed by atoms with E-state index in [1.165, 1.54) is 35.4 Å². The van der Waals surface area contributed by atoms with Crippen molar-refractivity contribution < 1.29 is 24.1 Å². The van der Waals surface area contributed by atoms with E-state index in [4.69, 9.17) is 14.2 Å². The van der Waals surface area contributed by atoms with Gasteiger partial charge >= 0.3 is 6.09 Å². The summed E-state index contributed by atoms with van der Waals surface area (Å²) in [5.41, 5.74) is 4.71. The predicted molar refractivity (Wildman–Crippen MR) is 113 cm³/mol. The Morgan fingerprint density at radius 3 is 2.30 bits per heavy atom. The number of carbonyl (C=O) groups is 1.